The topological polar surface area (TPSA) is 54.4 Å². The molecule has 122 valence electrons. The highest BCUT2D eigenvalue weighted by Gasteiger charge is 2.12. The van der Waals surface area contributed by atoms with Crippen molar-refractivity contribution in [2.45, 2.75) is 27.2 Å². The van der Waals surface area contributed by atoms with E-state index in [0.29, 0.717) is 5.56 Å². The summed E-state index contributed by atoms with van der Waals surface area (Å²) in [5.41, 5.74) is 5.82. The number of aromatic nitrogens is 1. The van der Waals surface area contributed by atoms with Gasteiger partial charge in [-0.2, -0.15) is 5.10 Å². The van der Waals surface area contributed by atoms with Crippen LogP contribution < -0.4 is 5.43 Å². The van der Waals surface area contributed by atoms with Crippen LogP contribution in [0.1, 0.15) is 39.2 Å². The van der Waals surface area contributed by atoms with E-state index in [-0.39, 0.29) is 5.91 Å². The number of fused-ring (bicyclic) bond motifs is 1. The summed E-state index contributed by atoms with van der Waals surface area (Å²) in [7, 11) is 0. The summed E-state index contributed by atoms with van der Waals surface area (Å²) >= 11 is 1.68. The molecule has 0 aliphatic heterocycles. The summed E-state index contributed by atoms with van der Waals surface area (Å²) in [6, 6.07) is 13.5. The number of nitrogens with zero attached hydrogens (tertiary/aromatic N) is 2. The summed E-state index contributed by atoms with van der Waals surface area (Å²) in [6.07, 6.45) is 0.760. The molecule has 5 heteroatoms. The maximum Gasteiger partial charge on any atom is 0.272 e. The van der Waals surface area contributed by atoms with Crippen LogP contribution in [0.2, 0.25) is 0 Å². The Kier molecular flexibility index (Phi) is 4.71. The number of thiophene rings is 1. The number of aryl methyl sites for hydroxylation is 2. The molecule has 0 unspecified atom stereocenters. The molecule has 0 saturated heterocycles. The van der Waals surface area contributed by atoms with Gasteiger partial charge < -0.3 is 0 Å². The molecule has 2 heterocycles. The molecule has 2 aromatic heterocycles. The van der Waals surface area contributed by atoms with Gasteiger partial charge in [0.15, 0.2) is 0 Å². The first-order valence-electron chi connectivity index (χ1n) is 7.88. The molecule has 0 aliphatic carbocycles. The van der Waals surface area contributed by atoms with E-state index < -0.39 is 0 Å². The molecule has 0 fully saturated rings. The molecule has 3 aromatic rings. The van der Waals surface area contributed by atoms with Crippen molar-refractivity contribution in [1.82, 2.24) is 10.4 Å². The van der Waals surface area contributed by atoms with Crippen LogP contribution in [-0.2, 0) is 0 Å². The van der Waals surface area contributed by atoms with Crippen molar-refractivity contribution in [3.63, 3.8) is 0 Å². The fourth-order valence-electron chi connectivity index (χ4n) is 2.57. The van der Waals surface area contributed by atoms with E-state index in [0.717, 1.165) is 33.6 Å². The number of carbonyl (C=O) groups excluding carboxylic acids is 1. The van der Waals surface area contributed by atoms with E-state index in [1.54, 1.807) is 17.4 Å². The van der Waals surface area contributed by atoms with Crippen molar-refractivity contribution in [3.05, 3.63) is 63.5 Å². The van der Waals surface area contributed by atoms with Crippen LogP contribution in [0.15, 0.2) is 47.6 Å². The zero-order chi connectivity index (χ0) is 17.1. The van der Waals surface area contributed by atoms with Crippen LogP contribution in [0.25, 0.3) is 10.9 Å². The first-order valence-corrected chi connectivity index (χ1v) is 8.70. The SMILES string of the molecule is CCC(=NNC(=O)c1cc(C)nc2ccccc12)c1ccc(C)s1. The van der Waals surface area contributed by atoms with E-state index in [1.807, 2.05) is 44.2 Å². The maximum absolute atomic E-state index is 12.6. The maximum atomic E-state index is 12.6. The second kappa shape index (κ2) is 6.93. The standard InChI is InChI=1S/C19H19N3OS/c1-4-16(18-10-9-13(3)24-18)21-22-19(23)15-11-12(2)20-17-8-6-5-7-14(15)17/h5-11H,4H2,1-3H3,(H,22,23). The Bertz CT molecular complexity index is 927. The van der Waals surface area contributed by atoms with Crippen molar-refractivity contribution in [2.75, 3.05) is 0 Å². The molecule has 0 aliphatic rings. The predicted octanol–water partition coefficient (Wildman–Crippen LogP) is 4.46. The average Bonchev–Trinajstić information content (AvgIpc) is 3.00. The predicted molar refractivity (Wildman–Crippen MR) is 99.8 cm³/mol. The normalized spacial score (nSPS) is 11.7. The third-order valence-corrected chi connectivity index (χ3v) is 4.79. The van der Waals surface area contributed by atoms with Crippen LogP contribution in [-0.4, -0.2) is 16.6 Å². The van der Waals surface area contributed by atoms with Crippen LogP contribution in [0.5, 0.6) is 0 Å². The van der Waals surface area contributed by atoms with Crippen LogP contribution >= 0.6 is 11.3 Å². The number of rotatable bonds is 4. The summed E-state index contributed by atoms with van der Waals surface area (Å²) in [5, 5.41) is 5.18. The molecule has 0 saturated carbocycles. The van der Waals surface area contributed by atoms with E-state index in [4.69, 9.17) is 0 Å². The number of hydrogen-bond donors (Lipinski definition) is 1. The Labute approximate surface area is 145 Å². The van der Waals surface area contributed by atoms with Gasteiger partial charge in [-0.05, 0) is 44.5 Å². The number of carbonyl (C=O) groups is 1. The van der Waals surface area contributed by atoms with E-state index in [9.17, 15) is 4.79 Å². The smallest absolute Gasteiger partial charge is 0.267 e. The molecular formula is C19H19N3OS. The highest BCUT2D eigenvalue weighted by atomic mass is 32.1. The quantitative estimate of drug-likeness (QED) is 0.564. The zero-order valence-corrected chi connectivity index (χ0v) is 14.8. The monoisotopic (exact) mass is 337 g/mol. The van der Waals surface area contributed by atoms with Crippen molar-refractivity contribution in [2.24, 2.45) is 5.10 Å². The van der Waals surface area contributed by atoms with Crippen LogP contribution in [0.3, 0.4) is 0 Å². The minimum atomic E-state index is -0.212. The number of nitrogens with one attached hydrogen (secondary N) is 1. The molecule has 1 N–H and O–H groups in total. The number of hydrazone groups is 1. The number of amides is 1. The minimum Gasteiger partial charge on any atom is -0.267 e. The number of para-hydroxylation sites is 1. The van der Waals surface area contributed by atoms with Gasteiger partial charge in [0, 0.05) is 16.0 Å². The highest BCUT2D eigenvalue weighted by Crippen LogP contribution is 2.19. The second-order valence-corrected chi connectivity index (χ2v) is 6.88. The Morgan fingerprint density at radius 2 is 2.00 bits per heavy atom. The van der Waals surface area contributed by atoms with Gasteiger partial charge >= 0.3 is 0 Å². The summed E-state index contributed by atoms with van der Waals surface area (Å²) < 4.78 is 0. The van der Waals surface area contributed by atoms with Crippen molar-refractivity contribution in [3.8, 4) is 0 Å². The second-order valence-electron chi connectivity index (χ2n) is 5.59. The van der Waals surface area contributed by atoms with Crippen molar-refractivity contribution >= 4 is 33.9 Å². The fraction of sp³-hybridized carbons (Fsp3) is 0.211. The molecule has 1 amide bonds. The Morgan fingerprint density at radius 3 is 2.71 bits per heavy atom. The van der Waals surface area contributed by atoms with Crippen LogP contribution in [0, 0.1) is 13.8 Å². The van der Waals surface area contributed by atoms with Gasteiger partial charge in [0.2, 0.25) is 0 Å². The molecule has 1 aromatic carbocycles. The molecule has 0 bridgehead atoms. The van der Waals surface area contributed by atoms with Crippen molar-refractivity contribution in [1.29, 1.82) is 0 Å². The first-order chi connectivity index (χ1) is 11.6. The zero-order valence-electron chi connectivity index (χ0n) is 14.0. The van der Waals surface area contributed by atoms with Gasteiger partial charge in [0.1, 0.15) is 0 Å². The minimum absolute atomic E-state index is 0.212. The van der Waals surface area contributed by atoms with Crippen LogP contribution in [0.4, 0.5) is 0 Å². The van der Waals surface area contributed by atoms with Gasteiger partial charge in [0.05, 0.1) is 21.7 Å². The van der Waals surface area contributed by atoms with Crippen molar-refractivity contribution < 1.29 is 4.79 Å². The molecule has 24 heavy (non-hydrogen) atoms. The van der Waals surface area contributed by atoms with Gasteiger partial charge in [-0.3, -0.25) is 9.78 Å². The van der Waals surface area contributed by atoms with Gasteiger partial charge in [-0.15, -0.1) is 11.3 Å². The first kappa shape index (κ1) is 16.3. The summed E-state index contributed by atoms with van der Waals surface area (Å²) in [6.45, 7) is 5.98. The molecular weight excluding hydrogens is 318 g/mol. The number of benzene rings is 1. The lowest BCUT2D eigenvalue weighted by atomic mass is 10.1. The molecule has 3 rings (SSSR count). The lowest BCUT2D eigenvalue weighted by Crippen LogP contribution is -2.20. The summed E-state index contributed by atoms with van der Waals surface area (Å²) in [4.78, 5) is 19.4. The molecule has 4 nitrogen and oxygen atoms in total. The molecule has 0 radical (unpaired) electrons. The van der Waals surface area contributed by atoms with E-state index >= 15 is 0 Å². The molecule has 0 spiro atoms. The lowest BCUT2D eigenvalue weighted by molar-refractivity contribution is 0.0956. The molecule has 0 atom stereocenters. The van der Waals surface area contributed by atoms with E-state index in [1.165, 1.54) is 4.88 Å². The highest BCUT2D eigenvalue weighted by molar-refractivity contribution is 7.14. The lowest BCUT2D eigenvalue weighted by Gasteiger charge is -2.07. The summed E-state index contributed by atoms with van der Waals surface area (Å²) in [5.74, 6) is -0.212. The third-order valence-electron chi connectivity index (χ3n) is 3.74. The third kappa shape index (κ3) is 3.36. The van der Waals surface area contributed by atoms with Gasteiger partial charge in [0.25, 0.3) is 5.91 Å². The van der Waals surface area contributed by atoms with Gasteiger partial charge in [-0.1, -0.05) is 25.1 Å². The number of hydrogen-bond acceptors (Lipinski definition) is 4. The average molecular weight is 337 g/mol. The Morgan fingerprint density at radius 1 is 1.21 bits per heavy atom. The Balaban J connectivity index is 1.91. The van der Waals surface area contributed by atoms with Gasteiger partial charge in [-0.25, -0.2) is 5.43 Å². The number of pyridine rings is 1. The van der Waals surface area contributed by atoms with E-state index in [2.05, 4.69) is 28.5 Å². The Hall–Kier alpha value is -2.53. The fourth-order valence-corrected chi connectivity index (χ4v) is 3.50. The largest absolute Gasteiger partial charge is 0.272 e.